The molecule has 4 nitrogen and oxygen atoms in total. The third-order valence-corrected chi connectivity index (χ3v) is 4.03. The Morgan fingerprint density at radius 2 is 2.11 bits per heavy atom. The molecule has 0 aliphatic carbocycles. The lowest BCUT2D eigenvalue weighted by Crippen LogP contribution is -2.13. The maximum absolute atomic E-state index is 13.9. The number of benzene rings is 1. The van der Waals surface area contributed by atoms with Gasteiger partial charge in [0.2, 0.25) is 0 Å². The predicted octanol–water partition coefficient (Wildman–Crippen LogP) is 2.61. The molecule has 8 heteroatoms. The number of hydrogen-bond donors (Lipinski definition) is 0. The first-order valence-corrected chi connectivity index (χ1v) is 8.37. The van der Waals surface area contributed by atoms with E-state index in [-0.39, 0.29) is 28.7 Å². The van der Waals surface area contributed by atoms with Gasteiger partial charge in [0.1, 0.15) is 21.2 Å². The molecular formula is C11H11Cl2FN2O2S. The Kier molecular flexibility index (Phi) is 4.03. The third kappa shape index (κ3) is 3.19. The first-order valence-electron chi connectivity index (χ1n) is 5.39. The molecular weight excluding hydrogens is 314 g/mol. The summed E-state index contributed by atoms with van der Waals surface area (Å²) >= 11 is 11.5. The summed E-state index contributed by atoms with van der Waals surface area (Å²) in [5.74, 6) is -0.165. The van der Waals surface area contributed by atoms with E-state index in [1.165, 1.54) is 16.7 Å². The molecule has 19 heavy (non-hydrogen) atoms. The van der Waals surface area contributed by atoms with Crippen molar-refractivity contribution in [3.05, 3.63) is 28.8 Å². The molecule has 1 aromatic heterocycles. The zero-order valence-electron chi connectivity index (χ0n) is 10.0. The normalized spacial score (nSPS) is 12.2. The van der Waals surface area contributed by atoms with Gasteiger partial charge >= 0.3 is 0 Å². The van der Waals surface area contributed by atoms with Gasteiger partial charge in [-0.2, -0.15) is 0 Å². The van der Waals surface area contributed by atoms with Crippen molar-refractivity contribution in [2.24, 2.45) is 0 Å². The fraction of sp³-hybridized carbons (Fsp3) is 0.364. The molecule has 104 valence electrons. The van der Waals surface area contributed by atoms with Gasteiger partial charge in [-0.3, -0.25) is 0 Å². The van der Waals surface area contributed by atoms with Gasteiger partial charge in [-0.25, -0.2) is 17.8 Å². The quantitative estimate of drug-likeness (QED) is 0.812. The average Bonchev–Trinajstić information content (AvgIpc) is 2.63. The summed E-state index contributed by atoms with van der Waals surface area (Å²) in [4.78, 5) is 4.17. The Bertz CT molecular complexity index is 728. The van der Waals surface area contributed by atoms with Crippen LogP contribution < -0.4 is 0 Å². The van der Waals surface area contributed by atoms with Crippen molar-refractivity contribution in [1.29, 1.82) is 0 Å². The van der Waals surface area contributed by atoms with Crippen molar-refractivity contribution in [1.82, 2.24) is 9.55 Å². The first-order chi connectivity index (χ1) is 8.81. The van der Waals surface area contributed by atoms with E-state index < -0.39 is 15.7 Å². The number of aryl methyl sites for hydroxylation is 1. The fourth-order valence-corrected chi connectivity index (χ4v) is 2.75. The van der Waals surface area contributed by atoms with Crippen LogP contribution >= 0.6 is 23.2 Å². The highest BCUT2D eigenvalue weighted by atomic mass is 35.5. The van der Waals surface area contributed by atoms with E-state index in [1.807, 2.05) is 0 Å². The molecule has 0 fully saturated rings. The summed E-state index contributed by atoms with van der Waals surface area (Å²) in [5.41, 5.74) is 0.595. The van der Waals surface area contributed by atoms with Crippen molar-refractivity contribution in [3.8, 4) is 0 Å². The second-order valence-electron chi connectivity index (χ2n) is 4.20. The zero-order chi connectivity index (χ0) is 14.2. The molecule has 0 atom stereocenters. The molecule has 0 bridgehead atoms. The maximum atomic E-state index is 13.9. The monoisotopic (exact) mass is 324 g/mol. The molecule has 1 aromatic carbocycles. The molecule has 0 N–H and O–H groups in total. The van der Waals surface area contributed by atoms with Crippen LogP contribution in [0.25, 0.3) is 11.0 Å². The number of nitrogens with zero attached hydrogens (tertiary/aromatic N) is 2. The molecule has 0 saturated carbocycles. The van der Waals surface area contributed by atoms with Crippen molar-refractivity contribution >= 4 is 44.1 Å². The van der Waals surface area contributed by atoms with Crippen LogP contribution in [0.1, 0.15) is 5.82 Å². The van der Waals surface area contributed by atoms with Crippen LogP contribution in [0, 0.1) is 5.82 Å². The topological polar surface area (TPSA) is 52.0 Å². The summed E-state index contributed by atoms with van der Waals surface area (Å²) in [6, 6.07) is 2.69. The second-order valence-corrected chi connectivity index (χ2v) is 7.16. The Morgan fingerprint density at radius 3 is 2.68 bits per heavy atom. The minimum atomic E-state index is -3.16. The van der Waals surface area contributed by atoms with Crippen molar-refractivity contribution < 1.29 is 12.8 Å². The van der Waals surface area contributed by atoms with E-state index in [0.717, 1.165) is 6.26 Å². The van der Waals surface area contributed by atoms with E-state index in [1.54, 1.807) is 0 Å². The molecule has 1 heterocycles. The molecule has 0 saturated heterocycles. The van der Waals surface area contributed by atoms with Crippen molar-refractivity contribution in [3.63, 3.8) is 0 Å². The Balaban J connectivity index is 2.57. The van der Waals surface area contributed by atoms with E-state index >= 15 is 0 Å². The minimum Gasteiger partial charge on any atom is -0.324 e. The number of halogens is 3. The second kappa shape index (κ2) is 5.26. The molecule has 0 unspecified atom stereocenters. The lowest BCUT2D eigenvalue weighted by Gasteiger charge is -2.07. The number of hydrogen-bond acceptors (Lipinski definition) is 3. The minimum absolute atomic E-state index is 0.0650. The standard InChI is InChI=1S/C11H11Cl2FN2O2S/c1-19(17,18)3-2-16-10(6-12)15-9-5-7(13)4-8(14)11(9)16/h4-5H,2-3,6H2,1H3. The van der Waals surface area contributed by atoms with Crippen LogP contribution in [0.5, 0.6) is 0 Å². The smallest absolute Gasteiger partial charge is 0.150 e. The highest BCUT2D eigenvalue weighted by Crippen LogP contribution is 2.24. The van der Waals surface area contributed by atoms with Gasteiger partial charge in [-0.15, -0.1) is 11.6 Å². The van der Waals surface area contributed by atoms with Crippen molar-refractivity contribution in [2.45, 2.75) is 12.4 Å². The van der Waals surface area contributed by atoms with Crippen LogP contribution in [-0.2, 0) is 22.3 Å². The lowest BCUT2D eigenvalue weighted by molar-refractivity contribution is 0.591. The Labute approximate surface area is 120 Å². The summed E-state index contributed by atoms with van der Waals surface area (Å²) in [6.45, 7) is 0.107. The first kappa shape index (κ1) is 14.6. The number of imidazole rings is 1. The van der Waals surface area contributed by atoms with Gasteiger partial charge in [0, 0.05) is 17.8 Å². The number of alkyl halides is 1. The SMILES string of the molecule is CS(=O)(=O)CCn1c(CCl)nc2cc(Cl)cc(F)c21. The summed E-state index contributed by atoms with van der Waals surface area (Å²) in [5, 5.41) is 0.235. The molecule has 0 spiro atoms. The van der Waals surface area contributed by atoms with Crippen LogP contribution in [0.15, 0.2) is 12.1 Å². The van der Waals surface area contributed by atoms with Gasteiger partial charge in [-0.1, -0.05) is 11.6 Å². The summed E-state index contributed by atoms with van der Waals surface area (Å²) in [7, 11) is -3.16. The van der Waals surface area contributed by atoms with Gasteiger partial charge in [0.15, 0.2) is 5.82 Å². The van der Waals surface area contributed by atoms with Crippen LogP contribution in [-0.4, -0.2) is 30.0 Å². The predicted molar refractivity (Wildman–Crippen MR) is 74.0 cm³/mol. The molecule has 0 aliphatic rings. The van der Waals surface area contributed by atoms with Gasteiger partial charge < -0.3 is 4.57 Å². The van der Waals surface area contributed by atoms with Crippen molar-refractivity contribution in [2.75, 3.05) is 12.0 Å². The van der Waals surface area contributed by atoms with E-state index in [4.69, 9.17) is 23.2 Å². The van der Waals surface area contributed by atoms with Crippen LogP contribution in [0.2, 0.25) is 5.02 Å². The Morgan fingerprint density at radius 1 is 1.42 bits per heavy atom. The molecule has 0 radical (unpaired) electrons. The lowest BCUT2D eigenvalue weighted by atomic mass is 10.3. The molecule has 2 rings (SSSR count). The van der Waals surface area contributed by atoms with Crippen LogP contribution in [0.4, 0.5) is 4.39 Å². The Hall–Kier alpha value is -0.850. The fourth-order valence-electron chi connectivity index (χ4n) is 1.83. The average molecular weight is 325 g/mol. The highest BCUT2D eigenvalue weighted by Gasteiger charge is 2.16. The maximum Gasteiger partial charge on any atom is 0.150 e. The number of aromatic nitrogens is 2. The molecule has 0 aliphatic heterocycles. The van der Waals surface area contributed by atoms with E-state index in [2.05, 4.69) is 4.98 Å². The highest BCUT2D eigenvalue weighted by molar-refractivity contribution is 7.90. The van der Waals surface area contributed by atoms with E-state index in [9.17, 15) is 12.8 Å². The largest absolute Gasteiger partial charge is 0.324 e. The number of fused-ring (bicyclic) bond motifs is 1. The zero-order valence-corrected chi connectivity index (χ0v) is 12.4. The summed E-state index contributed by atoms with van der Waals surface area (Å²) in [6.07, 6.45) is 1.12. The third-order valence-electron chi connectivity index (χ3n) is 2.64. The van der Waals surface area contributed by atoms with E-state index in [0.29, 0.717) is 11.3 Å². The number of sulfone groups is 1. The van der Waals surface area contributed by atoms with Crippen LogP contribution in [0.3, 0.4) is 0 Å². The molecule has 2 aromatic rings. The number of rotatable bonds is 4. The summed E-state index contributed by atoms with van der Waals surface area (Å²) < 4.78 is 37.9. The van der Waals surface area contributed by atoms with Gasteiger partial charge in [-0.05, 0) is 12.1 Å². The van der Waals surface area contributed by atoms with Gasteiger partial charge in [0.05, 0.1) is 17.1 Å². The van der Waals surface area contributed by atoms with Gasteiger partial charge in [0.25, 0.3) is 0 Å². The molecule has 0 amide bonds.